The fraction of sp³-hybridized carbons (Fsp3) is 0.526. The van der Waals surface area contributed by atoms with Crippen molar-refractivity contribution in [1.29, 1.82) is 0 Å². The number of aromatic amines is 1. The van der Waals surface area contributed by atoms with Crippen LogP contribution in [0.4, 0.5) is 0 Å². The Kier molecular flexibility index (Phi) is 5.68. The molecule has 0 radical (unpaired) electrons. The highest BCUT2D eigenvalue weighted by Crippen LogP contribution is 2.17. The second-order valence-corrected chi connectivity index (χ2v) is 6.81. The molecule has 2 aromatic rings. The van der Waals surface area contributed by atoms with E-state index in [1.807, 2.05) is 24.3 Å². The number of para-hydroxylation sites is 2. The minimum absolute atomic E-state index is 0.00215. The summed E-state index contributed by atoms with van der Waals surface area (Å²) < 4.78 is 0. The normalized spacial score (nSPS) is 14.8. The Balaban J connectivity index is 1.40. The van der Waals surface area contributed by atoms with Gasteiger partial charge in [0.2, 0.25) is 11.8 Å². The van der Waals surface area contributed by atoms with Crippen molar-refractivity contribution in [2.75, 3.05) is 13.6 Å². The molecule has 0 unspecified atom stereocenters. The van der Waals surface area contributed by atoms with E-state index in [-0.39, 0.29) is 24.7 Å². The Morgan fingerprint density at radius 2 is 2.00 bits per heavy atom. The van der Waals surface area contributed by atoms with Crippen molar-refractivity contribution in [3.8, 4) is 0 Å². The zero-order valence-electron chi connectivity index (χ0n) is 14.8. The number of nitrogens with one attached hydrogen (secondary N) is 2. The highest BCUT2D eigenvalue weighted by Gasteiger charge is 2.18. The molecule has 1 saturated carbocycles. The lowest BCUT2D eigenvalue weighted by atomic mass is 10.2. The molecule has 3 rings (SSSR count). The van der Waals surface area contributed by atoms with Crippen LogP contribution < -0.4 is 5.32 Å². The predicted octanol–water partition coefficient (Wildman–Crippen LogP) is 2.40. The van der Waals surface area contributed by atoms with Gasteiger partial charge >= 0.3 is 0 Å². The van der Waals surface area contributed by atoms with Gasteiger partial charge in [-0.1, -0.05) is 25.0 Å². The summed E-state index contributed by atoms with van der Waals surface area (Å²) in [6.45, 7) is 0.586. The van der Waals surface area contributed by atoms with Gasteiger partial charge in [0.25, 0.3) is 0 Å². The molecule has 0 bridgehead atoms. The highest BCUT2D eigenvalue weighted by molar-refractivity contribution is 5.83. The average Bonchev–Trinajstić information content (AvgIpc) is 3.26. The first-order valence-electron chi connectivity index (χ1n) is 9.09. The van der Waals surface area contributed by atoms with Gasteiger partial charge in [0.05, 0.1) is 11.0 Å². The molecule has 1 aromatic heterocycles. The third kappa shape index (κ3) is 4.81. The summed E-state index contributed by atoms with van der Waals surface area (Å²) in [5.41, 5.74) is 1.95. The third-order valence-corrected chi connectivity index (χ3v) is 4.83. The first-order chi connectivity index (χ1) is 12.1. The van der Waals surface area contributed by atoms with Crippen LogP contribution >= 0.6 is 0 Å². The van der Waals surface area contributed by atoms with Crippen LogP contribution in [0.5, 0.6) is 0 Å². The average molecular weight is 342 g/mol. The number of hydrogen-bond acceptors (Lipinski definition) is 3. The van der Waals surface area contributed by atoms with E-state index in [9.17, 15) is 9.59 Å². The minimum atomic E-state index is -0.00839. The van der Waals surface area contributed by atoms with Gasteiger partial charge in [-0.05, 0) is 25.0 Å². The van der Waals surface area contributed by atoms with Gasteiger partial charge in [0.15, 0.2) is 0 Å². The Hall–Kier alpha value is -2.37. The number of likely N-dealkylation sites (N-methyl/N-ethyl adjacent to an activating group) is 1. The minimum Gasteiger partial charge on any atom is -0.353 e. The number of H-pyrrole nitrogens is 1. The number of carbonyl (C=O) groups excluding carboxylic acids is 2. The van der Waals surface area contributed by atoms with Crippen LogP contribution in [0.15, 0.2) is 24.3 Å². The number of aromatic nitrogens is 2. The Bertz CT molecular complexity index is 701. The molecule has 6 nitrogen and oxygen atoms in total. The van der Waals surface area contributed by atoms with Gasteiger partial charge in [-0.15, -0.1) is 0 Å². The molecule has 0 atom stereocenters. The van der Waals surface area contributed by atoms with Crippen molar-refractivity contribution in [3.05, 3.63) is 30.1 Å². The summed E-state index contributed by atoms with van der Waals surface area (Å²) >= 11 is 0. The summed E-state index contributed by atoms with van der Waals surface area (Å²) in [7, 11) is 1.78. The summed E-state index contributed by atoms with van der Waals surface area (Å²) in [4.78, 5) is 33.6. The van der Waals surface area contributed by atoms with E-state index in [1.165, 1.54) is 12.8 Å². The van der Waals surface area contributed by atoms with Gasteiger partial charge in [-0.3, -0.25) is 9.59 Å². The number of amides is 2. The highest BCUT2D eigenvalue weighted by atomic mass is 16.2. The maximum atomic E-state index is 12.2. The molecular weight excluding hydrogens is 316 g/mol. The lowest BCUT2D eigenvalue weighted by Crippen LogP contribution is -2.34. The van der Waals surface area contributed by atoms with Crippen molar-refractivity contribution in [1.82, 2.24) is 20.2 Å². The second kappa shape index (κ2) is 8.14. The van der Waals surface area contributed by atoms with E-state index < -0.39 is 0 Å². The van der Waals surface area contributed by atoms with Crippen LogP contribution in [0, 0.1) is 0 Å². The number of benzene rings is 1. The summed E-state index contributed by atoms with van der Waals surface area (Å²) in [5, 5.41) is 3.02. The molecule has 25 heavy (non-hydrogen) atoms. The molecule has 1 aromatic carbocycles. The first-order valence-corrected chi connectivity index (χ1v) is 9.09. The van der Waals surface area contributed by atoms with E-state index in [4.69, 9.17) is 0 Å². The van der Waals surface area contributed by atoms with E-state index in [2.05, 4.69) is 15.3 Å². The molecule has 2 N–H and O–H groups in total. The van der Waals surface area contributed by atoms with E-state index in [0.717, 1.165) is 29.7 Å². The molecule has 1 fully saturated rings. The molecule has 6 heteroatoms. The summed E-state index contributed by atoms with van der Waals surface area (Å²) in [6, 6.07) is 8.19. The van der Waals surface area contributed by atoms with E-state index in [1.54, 1.807) is 11.9 Å². The molecule has 1 heterocycles. The topological polar surface area (TPSA) is 78.1 Å². The first kappa shape index (κ1) is 17.5. The second-order valence-electron chi connectivity index (χ2n) is 6.81. The van der Waals surface area contributed by atoms with Crippen molar-refractivity contribution in [2.24, 2.45) is 0 Å². The zero-order chi connectivity index (χ0) is 17.6. The number of nitrogens with zero attached hydrogens (tertiary/aromatic N) is 2. The van der Waals surface area contributed by atoms with Crippen molar-refractivity contribution in [3.63, 3.8) is 0 Å². The maximum Gasteiger partial charge on any atom is 0.222 e. The number of hydrogen-bond donors (Lipinski definition) is 2. The molecule has 1 aliphatic rings. The third-order valence-electron chi connectivity index (χ3n) is 4.83. The Morgan fingerprint density at radius 3 is 2.76 bits per heavy atom. The Labute approximate surface area is 148 Å². The van der Waals surface area contributed by atoms with Gasteiger partial charge in [0.1, 0.15) is 5.82 Å². The van der Waals surface area contributed by atoms with Crippen LogP contribution in [0.1, 0.15) is 44.3 Å². The van der Waals surface area contributed by atoms with E-state index >= 15 is 0 Å². The molecule has 1 aliphatic carbocycles. The van der Waals surface area contributed by atoms with Gasteiger partial charge in [-0.2, -0.15) is 0 Å². The molecule has 2 amide bonds. The SMILES string of the molecule is CN(CCc1nc2ccccc2[nH]1)C(=O)CCC(=O)NC1CCCC1. The fourth-order valence-corrected chi connectivity index (χ4v) is 3.30. The lowest BCUT2D eigenvalue weighted by Gasteiger charge is -2.17. The molecular formula is C19H26N4O2. The molecule has 0 aliphatic heterocycles. The van der Waals surface area contributed by atoms with Crippen LogP contribution in [0.2, 0.25) is 0 Å². The van der Waals surface area contributed by atoms with Crippen molar-refractivity contribution in [2.45, 2.75) is 51.0 Å². The van der Waals surface area contributed by atoms with Gasteiger partial charge in [-0.25, -0.2) is 4.98 Å². The molecule has 134 valence electrons. The quantitative estimate of drug-likeness (QED) is 0.811. The van der Waals surface area contributed by atoms with Crippen LogP contribution in [-0.4, -0.2) is 46.3 Å². The molecule has 0 saturated heterocycles. The maximum absolute atomic E-state index is 12.2. The lowest BCUT2D eigenvalue weighted by molar-refractivity contribution is -0.132. The summed E-state index contributed by atoms with van der Waals surface area (Å²) in [6.07, 6.45) is 5.71. The summed E-state index contributed by atoms with van der Waals surface area (Å²) in [5.74, 6) is 0.864. The fourth-order valence-electron chi connectivity index (χ4n) is 3.30. The largest absolute Gasteiger partial charge is 0.353 e. The van der Waals surface area contributed by atoms with E-state index in [0.29, 0.717) is 19.0 Å². The predicted molar refractivity (Wildman–Crippen MR) is 97.1 cm³/mol. The van der Waals surface area contributed by atoms with Crippen LogP contribution in [0.25, 0.3) is 11.0 Å². The number of rotatable bonds is 7. The van der Waals surface area contributed by atoms with Gasteiger partial charge < -0.3 is 15.2 Å². The number of carbonyl (C=O) groups is 2. The number of imidazole rings is 1. The van der Waals surface area contributed by atoms with Crippen LogP contribution in [0.3, 0.4) is 0 Å². The smallest absolute Gasteiger partial charge is 0.222 e. The number of fused-ring (bicyclic) bond motifs is 1. The zero-order valence-corrected chi connectivity index (χ0v) is 14.8. The monoisotopic (exact) mass is 342 g/mol. The van der Waals surface area contributed by atoms with Crippen molar-refractivity contribution < 1.29 is 9.59 Å². The van der Waals surface area contributed by atoms with Crippen molar-refractivity contribution >= 4 is 22.8 Å². The van der Waals surface area contributed by atoms with Crippen LogP contribution in [-0.2, 0) is 16.0 Å². The van der Waals surface area contributed by atoms with Gasteiger partial charge in [0, 0.05) is 38.9 Å². The Morgan fingerprint density at radius 1 is 1.24 bits per heavy atom. The molecule has 0 spiro atoms. The standard InChI is InChI=1S/C19H26N4O2/c1-23(13-12-17-21-15-8-4-5-9-16(15)22-17)19(25)11-10-18(24)20-14-6-2-3-7-14/h4-5,8-9,14H,2-3,6-7,10-13H2,1H3,(H,20,24)(H,21,22).